The van der Waals surface area contributed by atoms with Gasteiger partial charge in [-0.15, -0.1) is 0 Å². The average molecular weight is 507 g/mol. The van der Waals surface area contributed by atoms with E-state index in [-0.39, 0.29) is 24.0 Å². The lowest BCUT2D eigenvalue weighted by atomic mass is 10.1. The quantitative estimate of drug-likeness (QED) is 0.318. The van der Waals surface area contributed by atoms with E-state index >= 15 is 0 Å². The summed E-state index contributed by atoms with van der Waals surface area (Å²) >= 11 is 5.12. The fraction of sp³-hybridized carbons (Fsp3) is 0.231. The maximum atomic E-state index is 12.6. The number of thiocarbonyl (C=S) groups is 1. The maximum Gasteiger partial charge on any atom is 0.257 e. The molecule has 1 aliphatic heterocycles. The summed E-state index contributed by atoms with van der Waals surface area (Å²) in [7, 11) is 0. The van der Waals surface area contributed by atoms with Gasteiger partial charge in [-0.3, -0.25) is 30.6 Å². The number of ether oxygens (including phenoxy) is 1. The van der Waals surface area contributed by atoms with Gasteiger partial charge in [-0.1, -0.05) is 36.4 Å². The lowest BCUT2D eigenvalue weighted by molar-refractivity contribution is -0.129. The smallest absolute Gasteiger partial charge is 0.257 e. The lowest BCUT2D eigenvalue weighted by Gasteiger charge is -2.16. The minimum absolute atomic E-state index is 0.0690. The molecule has 0 aliphatic carbocycles. The van der Waals surface area contributed by atoms with Crippen molar-refractivity contribution in [2.75, 3.05) is 13.2 Å². The number of amides is 3. The van der Waals surface area contributed by atoms with Crippen LogP contribution in [0.2, 0.25) is 0 Å². The van der Waals surface area contributed by atoms with Crippen molar-refractivity contribution < 1.29 is 23.5 Å². The molecule has 1 atom stereocenters. The summed E-state index contributed by atoms with van der Waals surface area (Å²) in [6.07, 6.45) is 2.37. The van der Waals surface area contributed by atoms with Crippen molar-refractivity contribution in [2.24, 2.45) is 5.92 Å². The van der Waals surface area contributed by atoms with Gasteiger partial charge < -0.3 is 14.1 Å². The molecule has 3 aromatic rings. The third-order valence-corrected chi connectivity index (χ3v) is 5.84. The number of carbonyl (C=O) groups is 3. The van der Waals surface area contributed by atoms with Crippen LogP contribution in [0, 0.1) is 5.92 Å². The first-order valence-electron chi connectivity index (χ1n) is 11.5. The van der Waals surface area contributed by atoms with Gasteiger partial charge in [0.15, 0.2) is 5.11 Å². The summed E-state index contributed by atoms with van der Waals surface area (Å²) in [6.45, 7) is 1.06. The van der Waals surface area contributed by atoms with Gasteiger partial charge in [0, 0.05) is 24.9 Å². The molecule has 9 nitrogen and oxygen atoms in total. The Kier molecular flexibility index (Phi) is 8.30. The van der Waals surface area contributed by atoms with Crippen molar-refractivity contribution in [3.63, 3.8) is 0 Å². The fourth-order valence-electron chi connectivity index (χ4n) is 3.78. The van der Waals surface area contributed by atoms with E-state index in [1.54, 1.807) is 41.3 Å². The largest absolute Gasteiger partial charge is 0.493 e. The molecule has 36 heavy (non-hydrogen) atoms. The number of carbonyl (C=O) groups excluding carboxylic acids is 3. The number of nitrogens with one attached hydrogen (secondary N) is 3. The molecule has 2 heterocycles. The molecule has 0 radical (unpaired) electrons. The van der Waals surface area contributed by atoms with Crippen LogP contribution in [-0.2, 0) is 22.6 Å². The molecule has 10 heteroatoms. The van der Waals surface area contributed by atoms with Crippen LogP contribution in [0.25, 0.3) is 0 Å². The zero-order valence-corrected chi connectivity index (χ0v) is 20.3. The van der Waals surface area contributed by atoms with Crippen molar-refractivity contribution in [1.82, 2.24) is 21.1 Å². The molecule has 1 saturated heterocycles. The summed E-state index contributed by atoms with van der Waals surface area (Å²) in [5, 5.41) is 2.45. The van der Waals surface area contributed by atoms with Gasteiger partial charge in [0.25, 0.3) is 5.91 Å². The normalized spacial score (nSPS) is 14.8. The highest BCUT2D eigenvalue weighted by Crippen LogP contribution is 2.20. The third-order valence-electron chi connectivity index (χ3n) is 5.64. The van der Waals surface area contributed by atoms with Crippen molar-refractivity contribution in [2.45, 2.75) is 19.4 Å². The molecule has 1 aliphatic rings. The molecule has 2 aromatic carbocycles. The standard InChI is InChI=1S/C26H26N4O5S/c31-23-15-20(16-30(23)17-22-10-5-12-34-22)25(33)28-29-26(36)27-24(32)19-8-4-9-21(14-19)35-13-11-18-6-2-1-3-7-18/h1-10,12,14,20H,11,13,15-17H2,(H,28,33)(H2,27,29,32,36). The van der Waals surface area contributed by atoms with Gasteiger partial charge in [0.05, 0.1) is 25.3 Å². The maximum absolute atomic E-state index is 12.6. The number of hydrogen-bond acceptors (Lipinski definition) is 6. The van der Waals surface area contributed by atoms with E-state index < -0.39 is 17.7 Å². The Morgan fingerprint density at radius 3 is 2.67 bits per heavy atom. The third kappa shape index (κ3) is 6.92. The van der Waals surface area contributed by atoms with Gasteiger partial charge in [0.1, 0.15) is 11.5 Å². The zero-order valence-electron chi connectivity index (χ0n) is 19.4. The molecule has 4 rings (SSSR count). The van der Waals surface area contributed by atoms with Crippen LogP contribution in [0.15, 0.2) is 77.4 Å². The first-order valence-corrected chi connectivity index (χ1v) is 11.9. The van der Waals surface area contributed by atoms with E-state index in [9.17, 15) is 14.4 Å². The Bertz CT molecular complexity index is 1220. The molecule has 3 N–H and O–H groups in total. The van der Waals surface area contributed by atoms with Gasteiger partial charge >= 0.3 is 0 Å². The molecule has 0 spiro atoms. The monoisotopic (exact) mass is 506 g/mol. The van der Waals surface area contributed by atoms with E-state index in [2.05, 4.69) is 16.2 Å². The first kappa shape index (κ1) is 24.9. The first-order chi connectivity index (χ1) is 17.5. The van der Waals surface area contributed by atoms with Gasteiger partial charge in [-0.25, -0.2) is 0 Å². The van der Waals surface area contributed by atoms with Crippen molar-refractivity contribution in [1.29, 1.82) is 0 Å². The lowest BCUT2D eigenvalue weighted by Crippen LogP contribution is -2.50. The van der Waals surface area contributed by atoms with Gasteiger partial charge in [0.2, 0.25) is 11.8 Å². The second-order valence-electron chi connectivity index (χ2n) is 8.26. The summed E-state index contributed by atoms with van der Waals surface area (Å²) in [5.74, 6) is -0.295. The summed E-state index contributed by atoms with van der Waals surface area (Å²) in [4.78, 5) is 38.8. The minimum atomic E-state index is -0.539. The van der Waals surface area contributed by atoms with Crippen molar-refractivity contribution >= 4 is 35.1 Å². The average Bonchev–Trinajstić information content (AvgIpc) is 3.53. The Morgan fingerprint density at radius 2 is 1.89 bits per heavy atom. The molecule has 186 valence electrons. The molecule has 3 amide bonds. The molecule has 1 aromatic heterocycles. The number of hydrogen-bond donors (Lipinski definition) is 3. The van der Waals surface area contributed by atoms with Gasteiger partial charge in [-0.2, -0.15) is 0 Å². The van der Waals surface area contributed by atoms with Crippen LogP contribution in [0.5, 0.6) is 5.75 Å². The number of furan rings is 1. The predicted octanol–water partition coefficient (Wildman–Crippen LogP) is 2.59. The van der Waals surface area contributed by atoms with Crippen LogP contribution in [0.1, 0.15) is 28.1 Å². The topological polar surface area (TPSA) is 113 Å². The van der Waals surface area contributed by atoms with Crippen LogP contribution in [-0.4, -0.2) is 40.9 Å². The number of rotatable bonds is 8. The van der Waals surface area contributed by atoms with Gasteiger partial charge in [-0.05, 0) is 48.1 Å². The molecule has 1 fully saturated rings. The number of hydrazine groups is 1. The van der Waals surface area contributed by atoms with E-state index in [4.69, 9.17) is 21.4 Å². The zero-order chi connectivity index (χ0) is 25.3. The van der Waals surface area contributed by atoms with E-state index in [1.807, 2.05) is 30.3 Å². The Morgan fingerprint density at radius 1 is 1.06 bits per heavy atom. The van der Waals surface area contributed by atoms with Crippen LogP contribution in [0.3, 0.4) is 0 Å². The predicted molar refractivity (Wildman–Crippen MR) is 136 cm³/mol. The Hall–Kier alpha value is -4.18. The van der Waals surface area contributed by atoms with Crippen LogP contribution in [0.4, 0.5) is 0 Å². The van der Waals surface area contributed by atoms with Crippen LogP contribution < -0.4 is 20.9 Å². The number of benzene rings is 2. The summed E-state index contributed by atoms with van der Waals surface area (Å²) < 4.78 is 11.0. The van der Waals surface area contributed by atoms with E-state index in [0.29, 0.717) is 30.2 Å². The molecular weight excluding hydrogens is 480 g/mol. The molecular formula is C26H26N4O5S. The molecule has 1 unspecified atom stereocenters. The minimum Gasteiger partial charge on any atom is -0.493 e. The Balaban J connectivity index is 1.20. The second kappa shape index (κ2) is 12.0. The van der Waals surface area contributed by atoms with Crippen LogP contribution >= 0.6 is 12.2 Å². The SMILES string of the molecule is O=C(NC(=S)NNC(=O)C1CC(=O)N(Cc2ccco2)C1)c1cccc(OCCc2ccccc2)c1. The summed E-state index contributed by atoms with van der Waals surface area (Å²) in [6, 6.07) is 20.2. The summed E-state index contributed by atoms with van der Waals surface area (Å²) in [5.41, 5.74) is 6.51. The highest BCUT2D eigenvalue weighted by molar-refractivity contribution is 7.80. The van der Waals surface area contributed by atoms with E-state index in [0.717, 1.165) is 12.0 Å². The Labute approximate surface area is 213 Å². The number of likely N-dealkylation sites (tertiary alicyclic amines) is 1. The van der Waals surface area contributed by atoms with Crippen molar-refractivity contribution in [3.05, 3.63) is 89.9 Å². The van der Waals surface area contributed by atoms with Crippen molar-refractivity contribution in [3.8, 4) is 5.75 Å². The highest BCUT2D eigenvalue weighted by Gasteiger charge is 2.34. The fourth-order valence-corrected chi connectivity index (χ4v) is 3.92. The molecule has 0 saturated carbocycles. The number of nitrogens with zero attached hydrogens (tertiary/aromatic N) is 1. The second-order valence-corrected chi connectivity index (χ2v) is 8.67. The molecule has 0 bridgehead atoms. The van der Waals surface area contributed by atoms with E-state index in [1.165, 1.54) is 6.26 Å². The highest BCUT2D eigenvalue weighted by atomic mass is 32.1.